The first-order chi connectivity index (χ1) is 9.92. The number of anilines is 1. The second-order valence-corrected chi connectivity index (χ2v) is 5.47. The summed E-state index contributed by atoms with van der Waals surface area (Å²) in [6.45, 7) is 4.84. The van der Waals surface area contributed by atoms with E-state index in [9.17, 15) is 9.59 Å². The molecule has 0 atom stereocenters. The van der Waals surface area contributed by atoms with E-state index in [4.69, 9.17) is 17.3 Å². The number of benzene rings is 1. The smallest absolute Gasteiger partial charge is 0.238 e. The number of primary amides is 1. The highest BCUT2D eigenvalue weighted by Crippen LogP contribution is 2.22. The van der Waals surface area contributed by atoms with Gasteiger partial charge in [0.05, 0.1) is 23.8 Å². The van der Waals surface area contributed by atoms with Gasteiger partial charge in [0.25, 0.3) is 0 Å². The van der Waals surface area contributed by atoms with E-state index in [2.05, 4.69) is 12.2 Å². The Balaban J connectivity index is 2.61. The molecular formula is C15H22ClN3O2. The monoisotopic (exact) mass is 311 g/mol. The lowest BCUT2D eigenvalue weighted by Crippen LogP contribution is -2.39. The predicted octanol–water partition coefficient (Wildman–Crippen LogP) is 2.17. The minimum absolute atomic E-state index is 0.0784. The van der Waals surface area contributed by atoms with Gasteiger partial charge < -0.3 is 11.1 Å². The maximum Gasteiger partial charge on any atom is 0.238 e. The fraction of sp³-hybridized carbons (Fsp3) is 0.467. The number of carbonyl (C=O) groups is 2. The number of unbranched alkanes of at least 4 members (excludes halogenated alkanes) is 1. The molecule has 0 saturated carbocycles. The zero-order chi connectivity index (χ0) is 15.8. The fourth-order valence-corrected chi connectivity index (χ4v) is 2.21. The van der Waals surface area contributed by atoms with E-state index >= 15 is 0 Å². The molecule has 21 heavy (non-hydrogen) atoms. The van der Waals surface area contributed by atoms with Crippen molar-refractivity contribution in [2.24, 2.45) is 5.73 Å². The van der Waals surface area contributed by atoms with Crippen LogP contribution in [0.3, 0.4) is 0 Å². The number of nitrogens with one attached hydrogen (secondary N) is 1. The van der Waals surface area contributed by atoms with Crippen molar-refractivity contribution in [3.8, 4) is 0 Å². The van der Waals surface area contributed by atoms with Crippen LogP contribution in [0.15, 0.2) is 18.2 Å². The largest absolute Gasteiger partial charge is 0.369 e. The minimum atomic E-state index is -0.438. The van der Waals surface area contributed by atoms with Gasteiger partial charge in [-0.2, -0.15) is 0 Å². The zero-order valence-electron chi connectivity index (χ0n) is 12.5. The zero-order valence-corrected chi connectivity index (χ0v) is 13.2. The fourth-order valence-electron chi connectivity index (χ4n) is 1.93. The van der Waals surface area contributed by atoms with Crippen LogP contribution in [0.1, 0.15) is 25.3 Å². The van der Waals surface area contributed by atoms with Crippen LogP contribution in [0.4, 0.5) is 5.69 Å². The molecule has 0 aliphatic heterocycles. The Hall–Kier alpha value is -1.59. The Morgan fingerprint density at radius 2 is 2.05 bits per heavy atom. The molecule has 2 amide bonds. The molecule has 0 saturated heterocycles. The predicted molar refractivity (Wildman–Crippen MR) is 85.4 cm³/mol. The third-order valence-corrected chi connectivity index (χ3v) is 3.29. The van der Waals surface area contributed by atoms with E-state index < -0.39 is 5.91 Å². The Kier molecular flexibility index (Phi) is 7.19. The van der Waals surface area contributed by atoms with Gasteiger partial charge in [0.15, 0.2) is 0 Å². The van der Waals surface area contributed by atoms with Crippen LogP contribution < -0.4 is 11.1 Å². The van der Waals surface area contributed by atoms with Crippen molar-refractivity contribution in [2.75, 3.05) is 25.0 Å². The van der Waals surface area contributed by atoms with Crippen LogP contribution >= 0.6 is 11.6 Å². The van der Waals surface area contributed by atoms with Gasteiger partial charge in [0, 0.05) is 0 Å². The van der Waals surface area contributed by atoms with Crippen molar-refractivity contribution in [2.45, 2.75) is 26.7 Å². The normalized spacial score (nSPS) is 10.7. The maximum absolute atomic E-state index is 12.0. The Labute approximate surface area is 130 Å². The molecule has 5 nitrogen and oxygen atoms in total. The molecule has 3 N–H and O–H groups in total. The summed E-state index contributed by atoms with van der Waals surface area (Å²) in [5, 5.41) is 3.25. The van der Waals surface area contributed by atoms with Crippen molar-refractivity contribution in [1.82, 2.24) is 4.90 Å². The molecule has 0 unspecified atom stereocenters. The van der Waals surface area contributed by atoms with Crippen LogP contribution in [0, 0.1) is 6.92 Å². The SMILES string of the molecule is CCCCN(CC(N)=O)CC(=O)Nc1ccc(C)cc1Cl. The standard InChI is InChI=1S/C15H22ClN3O2/c1-3-4-7-19(9-14(17)20)10-15(21)18-13-6-5-11(2)8-12(13)16/h5-6,8H,3-4,7,9-10H2,1-2H3,(H2,17,20)(H,18,21). The number of rotatable bonds is 8. The first-order valence-corrected chi connectivity index (χ1v) is 7.36. The van der Waals surface area contributed by atoms with Crippen LogP contribution in [0.5, 0.6) is 0 Å². The number of halogens is 1. The Morgan fingerprint density at radius 1 is 1.33 bits per heavy atom. The molecule has 0 fully saturated rings. The van der Waals surface area contributed by atoms with Gasteiger partial charge in [-0.1, -0.05) is 31.0 Å². The van der Waals surface area contributed by atoms with E-state index in [-0.39, 0.29) is 19.0 Å². The molecule has 1 aromatic carbocycles. The molecule has 0 aromatic heterocycles. The summed E-state index contributed by atoms with van der Waals surface area (Å²) in [7, 11) is 0. The molecule has 0 spiro atoms. The summed E-state index contributed by atoms with van der Waals surface area (Å²) in [6, 6.07) is 5.43. The van der Waals surface area contributed by atoms with E-state index in [0.29, 0.717) is 17.3 Å². The van der Waals surface area contributed by atoms with Crippen molar-refractivity contribution >= 4 is 29.1 Å². The summed E-state index contributed by atoms with van der Waals surface area (Å²) in [5.41, 5.74) is 6.80. The van der Waals surface area contributed by atoms with E-state index in [1.165, 1.54) is 0 Å². The summed E-state index contributed by atoms with van der Waals surface area (Å²) < 4.78 is 0. The lowest BCUT2D eigenvalue weighted by molar-refractivity contribution is -0.121. The van der Waals surface area contributed by atoms with Crippen molar-refractivity contribution < 1.29 is 9.59 Å². The molecule has 1 aromatic rings. The molecule has 0 bridgehead atoms. The molecule has 6 heteroatoms. The Bertz CT molecular complexity index is 506. The first kappa shape index (κ1) is 17.5. The Morgan fingerprint density at radius 3 is 2.62 bits per heavy atom. The van der Waals surface area contributed by atoms with Gasteiger partial charge in [-0.3, -0.25) is 14.5 Å². The van der Waals surface area contributed by atoms with Crippen molar-refractivity contribution in [1.29, 1.82) is 0 Å². The maximum atomic E-state index is 12.0. The molecule has 1 rings (SSSR count). The highest BCUT2D eigenvalue weighted by molar-refractivity contribution is 6.33. The quantitative estimate of drug-likeness (QED) is 0.772. The van der Waals surface area contributed by atoms with Gasteiger partial charge in [-0.15, -0.1) is 0 Å². The van der Waals surface area contributed by atoms with Gasteiger partial charge in [0.2, 0.25) is 11.8 Å². The molecule has 116 valence electrons. The van der Waals surface area contributed by atoms with Crippen LogP contribution in [0.2, 0.25) is 5.02 Å². The van der Waals surface area contributed by atoms with E-state index in [1.807, 2.05) is 13.0 Å². The summed E-state index contributed by atoms with van der Waals surface area (Å²) in [5.74, 6) is -0.648. The third-order valence-electron chi connectivity index (χ3n) is 2.97. The first-order valence-electron chi connectivity index (χ1n) is 6.99. The molecule has 0 heterocycles. The highest BCUT2D eigenvalue weighted by atomic mass is 35.5. The number of nitrogens with two attached hydrogens (primary N) is 1. The van der Waals surface area contributed by atoms with Crippen LogP contribution in [-0.2, 0) is 9.59 Å². The van der Waals surface area contributed by atoms with Crippen LogP contribution in [-0.4, -0.2) is 36.3 Å². The topological polar surface area (TPSA) is 75.4 Å². The molecular weight excluding hydrogens is 290 g/mol. The average molecular weight is 312 g/mol. The van der Waals surface area contributed by atoms with Gasteiger partial charge >= 0.3 is 0 Å². The van der Waals surface area contributed by atoms with Gasteiger partial charge in [0.1, 0.15) is 0 Å². The second-order valence-electron chi connectivity index (χ2n) is 5.06. The highest BCUT2D eigenvalue weighted by Gasteiger charge is 2.13. The number of amides is 2. The lowest BCUT2D eigenvalue weighted by Gasteiger charge is -2.20. The van der Waals surface area contributed by atoms with E-state index in [0.717, 1.165) is 18.4 Å². The van der Waals surface area contributed by atoms with E-state index in [1.54, 1.807) is 17.0 Å². The summed E-state index contributed by atoms with van der Waals surface area (Å²) in [4.78, 5) is 24.8. The summed E-state index contributed by atoms with van der Waals surface area (Å²) >= 11 is 6.08. The minimum Gasteiger partial charge on any atom is -0.369 e. The number of nitrogens with zero attached hydrogens (tertiary/aromatic N) is 1. The number of carbonyl (C=O) groups excluding carboxylic acids is 2. The van der Waals surface area contributed by atoms with Gasteiger partial charge in [-0.05, 0) is 37.6 Å². The summed E-state index contributed by atoms with van der Waals surface area (Å²) in [6.07, 6.45) is 1.90. The van der Waals surface area contributed by atoms with Crippen molar-refractivity contribution in [3.05, 3.63) is 28.8 Å². The van der Waals surface area contributed by atoms with Gasteiger partial charge in [-0.25, -0.2) is 0 Å². The lowest BCUT2D eigenvalue weighted by atomic mass is 10.2. The number of hydrogen-bond donors (Lipinski definition) is 2. The third kappa shape index (κ3) is 6.60. The molecule has 0 aliphatic rings. The number of aryl methyl sites for hydroxylation is 1. The second kappa shape index (κ2) is 8.64. The van der Waals surface area contributed by atoms with Crippen LogP contribution in [0.25, 0.3) is 0 Å². The average Bonchev–Trinajstić information content (AvgIpc) is 2.38. The van der Waals surface area contributed by atoms with Crippen molar-refractivity contribution in [3.63, 3.8) is 0 Å². The molecule has 0 radical (unpaired) electrons. The number of hydrogen-bond acceptors (Lipinski definition) is 3. The molecule has 0 aliphatic carbocycles.